The monoisotopic (exact) mass is 397 g/mol. The van der Waals surface area contributed by atoms with Gasteiger partial charge in [0, 0.05) is 11.3 Å². The molecule has 4 rings (SSSR count). The van der Waals surface area contributed by atoms with Crippen LogP contribution in [0.15, 0.2) is 85.1 Å². The van der Waals surface area contributed by atoms with Gasteiger partial charge in [-0.1, -0.05) is 30.3 Å². The molecule has 148 valence electrons. The number of Topliss-reactive ketones (excluding diaryl/α,β-unsaturated/α-hetero) is 1. The van der Waals surface area contributed by atoms with Gasteiger partial charge in [-0.15, -0.1) is 5.10 Å². The highest BCUT2D eigenvalue weighted by molar-refractivity contribution is 5.94. The number of carbonyl (C=O) groups is 1. The highest BCUT2D eigenvalue weighted by atomic mass is 16.5. The molecular formula is C23H19N5O2. The van der Waals surface area contributed by atoms with E-state index in [4.69, 9.17) is 4.74 Å². The molecule has 0 atom stereocenters. The first-order chi connectivity index (χ1) is 14.7. The summed E-state index contributed by atoms with van der Waals surface area (Å²) in [7, 11) is 0. The van der Waals surface area contributed by atoms with Gasteiger partial charge in [0.1, 0.15) is 5.75 Å². The Morgan fingerprint density at radius 2 is 1.60 bits per heavy atom. The van der Waals surface area contributed by atoms with E-state index >= 15 is 0 Å². The standard InChI is InChI=1S/C23H19N5O2/c1-16(29)17-11-13-18(14-12-17)25-22-15-24-28-23(27-22)26-20-9-5-6-10-21(20)30-19-7-3-2-4-8-19/h2-15H,1H3,(H2,25,26,27,28). The lowest BCUT2D eigenvalue weighted by Crippen LogP contribution is -2.03. The molecule has 0 aliphatic heterocycles. The summed E-state index contributed by atoms with van der Waals surface area (Å²) in [6.45, 7) is 1.54. The zero-order valence-electron chi connectivity index (χ0n) is 16.2. The Kier molecular flexibility index (Phi) is 5.61. The minimum absolute atomic E-state index is 0.0214. The van der Waals surface area contributed by atoms with Gasteiger partial charge in [0.2, 0.25) is 5.95 Å². The molecule has 0 saturated heterocycles. The van der Waals surface area contributed by atoms with Crippen LogP contribution in [-0.2, 0) is 0 Å². The van der Waals surface area contributed by atoms with Crippen LogP contribution in [0.3, 0.4) is 0 Å². The van der Waals surface area contributed by atoms with Gasteiger partial charge in [0.25, 0.3) is 0 Å². The van der Waals surface area contributed by atoms with Crippen molar-refractivity contribution in [3.63, 3.8) is 0 Å². The number of ether oxygens (including phenoxy) is 1. The van der Waals surface area contributed by atoms with Gasteiger partial charge in [-0.2, -0.15) is 10.1 Å². The highest BCUT2D eigenvalue weighted by Gasteiger charge is 2.08. The molecule has 7 nitrogen and oxygen atoms in total. The number of nitrogens with one attached hydrogen (secondary N) is 2. The average molecular weight is 397 g/mol. The van der Waals surface area contributed by atoms with Crippen LogP contribution in [0.25, 0.3) is 0 Å². The van der Waals surface area contributed by atoms with Crippen molar-refractivity contribution in [2.24, 2.45) is 0 Å². The predicted molar refractivity (Wildman–Crippen MR) is 116 cm³/mol. The number of carbonyl (C=O) groups excluding carboxylic acids is 1. The van der Waals surface area contributed by atoms with Crippen molar-refractivity contribution in [1.82, 2.24) is 15.2 Å². The van der Waals surface area contributed by atoms with Crippen LogP contribution >= 0.6 is 0 Å². The maximum Gasteiger partial charge on any atom is 0.249 e. The summed E-state index contributed by atoms with van der Waals surface area (Å²) in [6.07, 6.45) is 1.52. The molecule has 0 aliphatic carbocycles. The van der Waals surface area contributed by atoms with E-state index in [0.717, 1.165) is 11.4 Å². The number of ketones is 1. The van der Waals surface area contributed by atoms with Crippen molar-refractivity contribution in [2.45, 2.75) is 6.92 Å². The fourth-order valence-electron chi connectivity index (χ4n) is 2.75. The molecule has 30 heavy (non-hydrogen) atoms. The fraction of sp³-hybridized carbons (Fsp3) is 0.0435. The molecule has 0 amide bonds. The molecule has 3 aromatic carbocycles. The zero-order chi connectivity index (χ0) is 20.8. The summed E-state index contributed by atoms with van der Waals surface area (Å²) in [5.41, 5.74) is 2.16. The first-order valence-corrected chi connectivity index (χ1v) is 9.34. The number of para-hydroxylation sites is 3. The molecule has 4 aromatic rings. The van der Waals surface area contributed by atoms with Crippen LogP contribution in [0.1, 0.15) is 17.3 Å². The van der Waals surface area contributed by atoms with E-state index in [2.05, 4.69) is 25.8 Å². The Morgan fingerprint density at radius 1 is 0.867 bits per heavy atom. The summed E-state index contributed by atoms with van der Waals surface area (Å²) in [5.74, 6) is 2.24. The molecule has 2 N–H and O–H groups in total. The van der Waals surface area contributed by atoms with Crippen molar-refractivity contribution in [3.8, 4) is 11.5 Å². The van der Waals surface area contributed by atoms with Crippen molar-refractivity contribution in [3.05, 3.63) is 90.6 Å². The Bertz CT molecular complexity index is 1150. The molecule has 0 spiro atoms. The van der Waals surface area contributed by atoms with E-state index in [0.29, 0.717) is 28.8 Å². The molecular weight excluding hydrogens is 378 g/mol. The Labute approximate surface area is 173 Å². The maximum absolute atomic E-state index is 11.4. The second-order valence-electron chi connectivity index (χ2n) is 6.46. The zero-order valence-corrected chi connectivity index (χ0v) is 16.2. The van der Waals surface area contributed by atoms with Crippen molar-refractivity contribution < 1.29 is 9.53 Å². The van der Waals surface area contributed by atoms with Crippen molar-refractivity contribution in [1.29, 1.82) is 0 Å². The van der Waals surface area contributed by atoms with E-state index in [9.17, 15) is 4.79 Å². The number of hydrogen-bond acceptors (Lipinski definition) is 7. The number of hydrogen-bond donors (Lipinski definition) is 2. The molecule has 1 aromatic heterocycles. The summed E-state index contributed by atoms with van der Waals surface area (Å²) < 4.78 is 5.96. The highest BCUT2D eigenvalue weighted by Crippen LogP contribution is 2.30. The van der Waals surface area contributed by atoms with E-state index in [1.807, 2.05) is 66.7 Å². The van der Waals surface area contributed by atoms with Gasteiger partial charge in [0.05, 0.1) is 11.9 Å². The molecule has 0 radical (unpaired) electrons. The third kappa shape index (κ3) is 4.77. The van der Waals surface area contributed by atoms with Crippen LogP contribution in [0.2, 0.25) is 0 Å². The quantitative estimate of drug-likeness (QED) is 0.406. The fourth-order valence-corrected chi connectivity index (χ4v) is 2.75. The van der Waals surface area contributed by atoms with Gasteiger partial charge in [0.15, 0.2) is 17.4 Å². The van der Waals surface area contributed by atoms with E-state index in [1.54, 1.807) is 12.1 Å². The van der Waals surface area contributed by atoms with Gasteiger partial charge < -0.3 is 15.4 Å². The summed E-state index contributed by atoms with van der Waals surface area (Å²) in [5, 5.41) is 14.4. The largest absolute Gasteiger partial charge is 0.455 e. The topological polar surface area (TPSA) is 89.0 Å². The van der Waals surface area contributed by atoms with Crippen LogP contribution < -0.4 is 15.4 Å². The minimum Gasteiger partial charge on any atom is -0.455 e. The number of nitrogens with zero attached hydrogens (tertiary/aromatic N) is 3. The molecule has 0 fully saturated rings. The molecule has 7 heteroatoms. The number of anilines is 4. The van der Waals surface area contributed by atoms with Gasteiger partial charge in [-0.25, -0.2) is 0 Å². The number of rotatable bonds is 7. The van der Waals surface area contributed by atoms with Gasteiger partial charge >= 0.3 is 0 Å². The normalized spacial score (nSPS) is 10.3. The average Bonchev–Trinajstić information content (AvgIpc) is 2.76. The van der Waals surface area contributed by atoms with E-state index in [1.165, 1.54) is 13.1 Å². The Morgan fingerprint density at radius 3 is 2.37 bits per heavy atom. The first kappa shape index (κ1) is 19.1. The molecule has 1 heterocycles. The van der Waals surface area contributed by atoms with E-state index in [-0.39, 0.29) is 5.78 Å². The van der Waals surface area contributed by atoms with Crippen LogP contribution in [0, 0.1) is 0 Å². The number of benzene rings is 3. The predicted octanol–water partition coefficient (Wildman–Crippen LogP) is 5.35. The molecule has 0 saturated carbocycles. The summed E-state index contributed by atoms with van der Waals surface area (Å²) in [4.78, 5) is 15.9. The lowest BCUT2D eigenvalue weighted by atomic mass is 10.1. The molecule has 0 bridgehead atoms. The summed E-state index contributed by atoms with van der Waals surface area (Å²) >= 11 is 0. The summed E-state index contributed by atoms with van der Waals surface area (Å²) in [6, 6.07) is 24.2. The first-order valence-electron chi connectivity index (χ1n) is 9.34. The third-order valence-electron chi connectivity index (χ3n) is 4.23. The third-order valence-corrected chi connectivity index (χ3v) is 4.23. The lowest BCUT2D eigenvalue weighted by molar-refractivity contribution is 0.101. The molecule has 0 unspecified atom stereocenters. The van der Waals surface area contributed by atoms with Crippen molar-refractivity contribution >= 4 is 28.9 Å². The second-order valence-corrected chi connectivity index (χ2v) is 6.46. The Hall–Kier alpha value is -4.26. The smallest absolute Gasteiger partial charge is 0.249 e. The second kappa shape index (κ2) is 8.83. The van der Waals surface area contributed by atoms with Crippen LogP contribution in [0.4, 0.5) is 23.1 Å². The number of aromatic nitrogens is 3. The van der Waals surface area contributed by atoms with Crippen LogP contribution in [-0.4, -0.2) is 21.0 Å². The van der Waals surface area contributed by atoms with Crippen molar-refractivity contribution in [2.75, 3.05) is 10.6 Å². The van der Waals surface area contributed by atoms with Gasteiger partial charge in [-0.05, 0) is 55.5 Å². The molecule has 0 aliphatic rings. The maximum atomic E-state index is 11.4. The minimum atomic E-state index is 0.0214. The van der Waals surface area contributed by atoms with E-state index < -0.39 is 0 Å². The Balaban J connectivity index is 1.50. The van der Waals surface area contributed by atoms with Gasteiger partial charge in [-0.3, -0.25) is 4.79 Å². The SMILES string of the molecule is CC(=O)c1ccc(Nc2cnnc(Nc3ccccc3Oc3ccccc3)n2)cc1. The van der Waals surface area contributed by atoms with Crippen LogP contribution in [0.5, 0.6) is 11.5 Å². The lowest BCUT2D eigenvalue weighted by Gasteiger charge is -2.12.